The Kier molecular flexibility index (Phi) is 8.96. The Labute approximate surface area is 186 Å². The van der Waals surface area contributed by atoms with Gasteiger partial charge in [0.2, 0.25) is 0 Å². The summed E-state index contributed by atoms with van der Waals surface area (Å²) in [5.41, 5.74) is 1.75. The Morgan fingerprint density at radius 2 is 2.00 bits per heavy atom. The van der Waals surface area contributed by atoms with Gasteiger partial charge in [0.25, 0.3) is 0 Å². The van der Waals surface area contributed by atoms with Crippen molar-refractivity contribution in [2.75, 3.05) is 44.8 Å². The third-order valence-corrected chi connectivity index (χ3v) is 6.71. The average Bonchev–Trinajstić information content (AvgIpc) is 3.24. The fourth-order valence-corrected chi connectivity index (χ4v) is 4.75. The zero-order valence-electron chi connectivity index (χ0n) is 19.1. The summed E-state index contributed by atoms with van der Waals surface area (Å²) < 4.78 is 20.1. The summed E-state index contributed by atoms with van der Waals surface area (Å²) in [6.45, 7) is 6.32. The molecule has 1 saturated heterocycles. The van der Waals surface area contributed by atoms with Crippen LogP contribution in [0.2, 0.25) is 0 Å². The van der Waals surface area contributed by atoms with E-state index in [-0.39, 0.29) is 17.3 Å². The smallest absolute Gasteiger partial charge is 0.191 e. The van der Waals surface area contributed by atoms with Gasteiger partial charge in [-0.2, -0.15) is 0 Å². The predicted octanol–water partition coefficient (Wildman–Crippen LogP) is 3.44. The normalized spacial score (nSPS) is 19.6. The van der Waals surface area contributed by atoms with Crippen LogP contribution < -0.4 is 15.5 Å². The molecule has 7 heteroatoms. The highest BCUT2D eigenvalue weighted by molar-refractivity contribution is 5.79. The number of hydrogen-bond donors (Lipinski definition) is 3. The van der Waals surface area contributed by atoms with Crippen LogP contribution in [0.25, 0.3) is 0 Å². The second kappa shape index (κ2) is 11.7. The van der Waals surface area contributed by atoms with Crippen molar-refractivity contribution in [3.8, 4) is 0 Å². The first-order valence-corrected chi connectivity index (χ1v) is 11.8. The first-order chi connectivity index (χ1) is 15.0. The summed E-state index contributed by atoms with van der Waals surface area (Å²) in [5.74, 6) is 0.562. The van der Waals surface area contributed by atoms with E-state index in [2.05, 4.69) is 17.6 Å². The molecule has 174 valence electrons. The predicted molar refractivity (Wildman–Crippen MR) is 124 cm³/mol. The summed E-state index contributed by atoms with van der Waals surface area (Å²) in [6, 6.07) is 5.38. The van der Waals surface area contributed by atoms with E-state index in [0.717, 1.165) is 37.6 Å². The Bertz CT molecular complexity index is 714. The number of benzene rings is 1. The molecule has 1 saturated carbocycles. The summed E-state index contributed by atoms with van der Waals surface area (Å²) in [6.07, 6.45) is 7.19. The van der Waals surface area contributed by atoms with E-state index in [1.165, 1.54) is 25.7 Å². The molecular weight excluding hydrogens is 395 g/mol. The van der Waals surface area contributed by atoms with Crippen molar-refractivity contribution in [2.45, 2.75) is 64.5 Å². The number of guanidine groups is 1. The van der Waals surface area contributed by atoms with Gasteiger partial charge >= 0.3 is 0 Å². The minimum absolute atomic E-state index is 0.216. The third kappa shape index (κ3) is 6.81. The van der Waals surface area contributed by atoms with Crippen molar-refractivity contribution in [1.82, 2.24) is 10.6 Å². The largest absolute Gasteiger partial charge is 0.393 e. The molecule has 1 aliphatic carbocycles. The number of hydrogen-bond acceptors (Lipinski definition) is 4. The molecule has 0 spiro atoms. The summed E-state index contributed by atoms with van der Waals surface area (Å²) in [4.78, 5) is 6.71. The zero-order valence-corrected chi connectivity index (χ0v) is 19.1. The highest BCUT2D eigenvalue weighted by Gasteiger charge is 2.33. The Balaban J connectivity index is 1.60. The number of aliphatic hydroxyl groups is 1. The van der Waals surface area contributed by atoms with E-state index < -0.39 is 0 Å². The van der Waals surface area contributed by atoms with Gasteiger partial charge in [-0.15, -0.1) is 0 Å². The Morgan fingerprint density at radius 1 is 1.26 bits per heavy atom. The van der Waals surface area contributed by atoms with Gasteiger partial charge in [0, 0.05) is 39.9 Å². The van der Waals surface area contributed by atoms with Gasteiger partial charge < -0.3 is 25.4 Å². The van der Waals surface area contributed by atoms with Gasteiger partial charge in [-0.05, 0) is 62.1 Å². The molecule has 1 aromatic carbocycles. The van der Waals surface area contributed by atoms with E-state index >= 15 is 0 Å². The number of rotatable bonds is 9. The summed E-state index contributed by atoms with van der Waals surface area (Å²) in [5, 5.41) is 16.5. The molecule has 2 fully saturated rings. The van der Waals surface area contributed by atoms with Gasteiger partial charge in [-0.25, -0.2) is 9.38 Å². The van der Waals surface area contributed by atoms with Gasteiger partial charge in [-0.3, -0.25) is 0 Å². The van der Waals surface area contributed by atoms with Gasteiger partial charge in [0.05, 0.1) is 18.3 Å². The molecule has 1 aromatic rings. The first-order valence-electron chi connectivity index (χ1n) is 11.8. The number of anilines is 1. The molecule has 0 atom stereocenters. The summed E-state index contributed by atoms with van der Waals surface area (Å²) in [7, 11) is 1.76. The molecule has 6 nitrogen and oxygen atoms in total. The highest BCUT2D eigenvalue weighted by atomic mass is 19.1. The second-order valence-electron chi connectivity index (χ2n) is 9.00. The molecular formula is C24H39FN4O2. The Morgan fingerprint density at radius 3 is 2.65 bits per heavy atom. The number of nitrogens with one attached hydrogen (secondary N) is 2. The van der Waals surface area contributed by atoms with Gasteiger partial charge in [-0.1, -0.05) is 18.9 Å². The van der Waals surface area contributed by atoms with Crippen molar-refractivity contribution in [1.29, 1.82) is 0 Å². The number of aliphatic hydroxyl groups excluding tert-OH is 1. The van der Waals surface area contributed by atoms with Crippen LogP contribution in [0.1, 0.15) is 57.4 Å². The van der Waals surface area contributed by atoms with E-state index in [9.17, 15) is 9.50 Å². The number of aliphatic imine (C=N–C) groups is 1. The lowest BCUT2D eigenvalue weighted by atomic mass is 9.83. The van der Waals surface area contributed by atoms with Crippen molar-refractivity contribution in [2.24, 2.45) is 10.4 Å². The molecule has 2 aliphatic rings. The van der Waals surface area contributed by atoms with Crippen molar-refractivity contribution in [3.63, 3.8) is 0 Å². The Hall–Kier alpha value is -1.86. The molecule has 1 heterocycles. The van der Waals surface area contributed by atoms with Crippen LogP contribution in [0, 0.1) is 11.2 Å². The topological polar surface area (TPSA) is 69.1 Å². The molecule has 0 radical (unpaired) electrons. The first kappa shape index (κ1) is 23.8. The van der Waals surface area contributed by atoms with Crippen LogP contribution in [0.15, 0.2) is 23.2 Å². The van der Waals surface area contributed by atoms with E-state index in [4.69, 9.17) is 9.73 Å². The number of piperidine rings is 1. The van der Waals surface area contributed by atoms with E-state index in [1.807, 2.05) is 17.0 Å². The van der Waals surface area contributed by atoms with Gasteiger partial charge in [0.15, 0.2) is 5.96 Å². The number of methoxy groups -OCH3 is 1. The molecule has 31 heavy (non-hydrogen) atoms. The molecule has 3 rings (SSSR count). The fraction of sp³-hybridized carbons (Fsp3) is 0.708. The second-order valence-corrected chi connectivity index (χ2v) is 9.00. The number of nitrogens with zero attached hydrogens (tertiary/aromatic N) is 2. The molecule has 0 amide bonds. The van der Waals surface area contributed by atoms with Crippen LogP contribution in [0.4, 0.5) is 10.1 Å². The maximum Gasteiger partial charge on any atom is 0.191 e. The van der Waals surface area contributed by atoms with Crippen molar-refractivity contribution >= 4 is 11.6 Å². The van der Waals surface area contributed by atoms with Crippen molar-refractivity contribution in [3.05, 3.63) is 29.6 Å². The summed E-state index contributed by atoms with van der Waals surface area (Å²) >= 11 is 0. The van der Waals surface area contributed by atoms with Crippen LogP contribution in [-0.2, 0) is 11.3 Å². The number of halogens is 1. The van der Waals surface area contributed by atoms with Crippen LogP contribution in [-0.4, -0.2) is 57.1 Å². The molecule has 0 unspecified atom stereocenters. The quantitative estimate of drug-likeness (QED) is 0.410. The van der Waals surface area contributed by atoms with Crippen molar-refractivity contribution < 1.29 is 14.2 Å². The third-order valence-electron chi connectivity index (χ3n) is 6.71. The monoisotopic (exact) mass is 434 g/mol. The lowest BCUT2D eigenvalue weighted by molar-refractivity contribution is 0.138. The molecule has 3 N–H and O–H groups in total. The van der Waals surface area contributed by atoms with Crippen LogP contribution >= 0.6 is 0 Å². The van der Waals surface area contributed by atoms with Crippen LogP contribution in [0.3, 0.4) is 0 Å². The van der Waals surface area contributed by atoms with E-state index in [0.29, 0.717) is 38.2 Å². The average molecular weight is 435 g/mol. The zero-order chi connectivity index (χ0) is 22.1. The fourth-order valence-electron chi connectivity index (χ4n) is 4.75. The minimum Gasteiger partial charge on any atom is -0.393 e. The maximum absolute atomic E-state index is 14.7. The maximum atomic E-state index is 14.7. The lowest BCUT2D eigenvalue weighted by Crippen LogP contribution is -2.43. The lowest BCUT2D eigenvalue weighted by Gasteiger charge is -2.31. The van der Waals surface area contributed by atoms with E-state index in [1.54, 1.807) is 13.2 Å². The van der Waals surface area contributed by atoms with Gasteiger partial charge in [0.1, 0.15) is 5.82 Å². The minimum atomic E-state index is -0.261. The molecule has 1 aliphatic heterocycles. The highest BCUT2D eigenvalue weighted by Crippen LogP contribution is 2.40. The van der Waals surface area contributed by atoms with Crippen LogP contribution in [0.5, 0.6) is 0 Å². The SMILES string of the molecule is CCNC(=NCc1ccc(N2CCC(O)CC2)c(F)c1)NCC1(CCOC)CCCC1. The molecule has 0 aromatic heterocycles. The molecule has 0 bridgehead atoms. The standard InChI is InChI=1S/C24H39FN4O2/c1-3-26-23(28-18-24(12-15-31-2)10-4-5-11-24)27-17-19-6-7-22(21(25)16-19)29-13-8-20(30)9-14-29/h6-7,16,20,30H,3-5,8-15,17-18H2,1-2H3,(H2,26,27,28). The number of ether oxygens (including phenoxy) is 1.